The standard InChI is InChI=1S/C15H11NO5/c17-13-6-2-3-8-9-4-1-5-10(15(18)19)14(9)12(16(20)21)7-11(8)13/h1,4-5,7H,2-3,6H2,(H,18,19). The van der Waals surface area contributed by atoms with Crippen molar-refractivity contribution < 1.29 is 19.6 Å². The molecule has 0 amide bonds. The highest BCUT2D eigenvalue weighted by atomic mass is 16.6. The number of nitro groups is 1. The van der Waals surface area contributed by atoms with Gasteiger partial charge in [0.1, 0.15) is 0 Å². The maximum absolute atomic E-state index is 12.0. The fourth-order valence-electron chi connectivity index (χ4n) is 2.92. The third-order valence-electron chi connectivity index (χ3n) is 3.81. The quantitative estimate of drug-likeness (QED) is 0.675. The van der Waals surface area contributed by atoms with Crippen molar-refractivity contribution in [1.82, 2.24) is 0 Å². The Morgan fingerprint density at radius 1 is 1.29 bits per heavy atom. The van der Waals surface area contributed by atoms with E-state index >= 15 is 0 Å². The molecule has 0 saturated carbocycles. The van der Waals surface area contributed by atoms with E-state index in [2.05, 4.69) is 0 Å². The van der Waals surface area contributed by atoms with Crippen LogP contribution in [0.15, 0.2) is 24.3 Å². The molecule has 0 spiro atoms. The summed E-state index contributed by atoms with van der Waals surface area (Å²) in [6.07, 6.45) is 1.67. The monoisotopic (exact) mass is 285 g/mol. The van der Waals surface area contributed by atoms with Gasteiger partial charge in [0.2, 0.25) is 0 Å². The van der Waals surface area contributed by atoms with Crippen molar-refractivity contribution in [3.05, 3.63) is 51.1 Å². The number of carbonyl (C=O) groups is 2. The van der Waals surface area contributed by atoms with E-state index < -0.39 is 10.9 Å². The Morgan fingerprint density at radius 3 is 2.71 bits per heavy atom. The summed E-state index contributed by atoms with van der Waals surface area (Å²) in [4.78, 5) is 34.0. The van der Waals surface area contributed by atoms with Gasteiger partial charge in [-0.25, -0.2) is 4.79 Å². The third-order valence-corrected chi connectivity index (χ3v) is 3.81. The summed E-state index contributed by atoms with van der Waals surface area (Å²) in [6, 6.07) is 5.77. The van der Waals surface area contributed by atoms with E-state index in [1.165, 1.54) is 12.1 Å². The van der Waals surface area contributed by atoms with Gasteiger partial charge in [0.05, 0.1) is 15.9 Å². The Balaban J connectivity index is 2.50. The van der Waals surface area contributed by atoms with E-state index in [0.29, 0.717) is 30.2 Å². The fraction of sp³-hybridized carbons (Fsp3) is 0.200. The number of aromatic carboxylic acids is 1. The Morgan fingerprint density at radius 2 is 2.05 bits per heavy atom. The summed E-state index contributed by atoms with van der Waals surface area (Å²) in [6.45, 7) is 0. The molecule has 2 aromatic carbocycles. The highest BCUT2D eigenvalue weighted by molar-refractivity contribution is 6.12. The molecular weight excluding hydrogens is 274 g/mol. The van der Waals surface area contributed by atoms with E-state index in [0.717, 1.165) is 5.56 Å². The zero-order valence-electron chi connectivity index (χ0n) is 11.0. The molecule has 0 radical (unpaired) electrons. The molecule has 0 aliphatic heterocycles. The average molecular weight is 285 g/mol. The van der Waals surface area contributed by atoms with Crippen LogP contribution in [0.4, 0.5) is 5.69 Å². The van der Waals surface area contributed by atoms with Crippen LogP contribution in [0.25, 0.3) is 10.8 Å². The summed E-state index contributed by atoms with van der Waals surface area (Å²) in [5.74, 6) is -1.34. The van der Waals surface area contributed by atoms with Gasteiger partial charge >= 0.3 is 5.97 Å². The van der Waals surface area contributed by atoms with Crippen LogP contribution in [0.2, 0.25) is 0 Å². The number of hydrogen-bond acceptors (Lipinski definition) is 4. The van der Waals surface area contributed by atoms with Gasteiger partial charge in [0, 0.05) is 18.1 Å². The lowest BCUT2D eigenvalue weighted by molar-refractivity contribution is -0.383. The van der Waals surface area contributed by atoms with Crippen molar-refractivity contribution in [2.24, 2.45) is 0 Å². The van der Waals surface area contributed by atoms with Crippen molar-refractivity contribution >= 4 is 28.2 Å². The molecule has 0 heterocycles. The summed E-state index contributed by atoms with van der Waals surface area (Å²) >= 11 is 0. The zero-order chi connectivity index (χ0) is 15.1. The summed E-state index contributed by atoms with van der Waals surface area (Å²) in [5.41, 5.74) is 0.634. The van der Waals surface area contributed by atoms with Crippen LogP contribution in [0.1, 0.15) is 39.1 Å². The molecule has 0 saturated heterocycles. The number of aryl methyl sites for hydroxylation is 1. The van der Waals surface area contributed by atoms with Gasteiger partial charge < -0.3 is 5.11 Å². The van der Waals surface area contributed by atoms with E-state index in [-0.39, 0.29) is 22.4 Å². The van der Waals surface area contributed by atoms with Crippen molar-refractivity contribution in [2.75, 3.05) is 0 Å². The minimum atomic E-state index is -1.22. The number of carboxylic acid groups (broad SMARTS) is 1. The number of rotatable bonds is 2. The van der Waals surface area contributed by atoms with Crippen LogP contribution < -0.4 is 0 Å². The van der Waals surface area contributed by atoms with Gasteiger partial charge in [-0.2, -0.15) is 0 Å². The van der Waals surface area contributed by atoms with Crippen molar-refractivity contribution in [1.29, 1.82) is 0 Å². The molecule has 0 aromatic heterocycles. The predicted molar refractivity (Wildman–Crippen MR) is 74.8 cm³/mol. The number of nitro benzene ring substituents is 1. The Bertz CT molecular complexity index is 809. The summed E-state index contributed by atoms with van der Waals surface area (Å²) in [7, 11) is 0. The van der Waals surface area contributed by atoms with Crippen LogP contribution in [-0.2, 0) is 6.42 Å². The molecule has 0 unspecified atom stereocenters. The van der Waals surface area contributed by atoms with E-state index in [4.69, 9.17) is 0 Å². The lowest BCUT2D eigenvalue weighted by Gasteiger charge is -2.17. The van der Waals surface area contributed by atoms with Gasteiger partial charge in [0.15, 0.2) is 5.78 Å². The van der Waals surface area contributed by atoms with Crippen molar-refractivity contribution in [3.8, 4) is 0 Å². The highest BCUT2D eigenvalue weighted by Crippen LogP contribution is 2.37. The van der Waals surface area contributed by atoms with Gasteiger partial charge in [-0.05, 0) is 29.9 Å². The lowest BCUT2D eigenvalue weighted by atomic mass is 9.85. The number of carboxylic acids is 1. The summed E-state index contributed by atoms with van der Waals surface area (Å²) < 4.78 is 0. The van der Waals surface area contributed by atoms with Crippen LogP contribution in [0.5, 0.6) is 0 Å². The van der Waals surface area contributed by atoms with Crippen molar-refractivity contribution in [3.63, 3.8) is 0 Å². The second kappa shape index (κ2) is 4.66. The topological polar surface area (TPSA) is 97.5 Å². The number of fused-ring (bicyclic) bond motifs is 3. The molecule has 0 fully saturated rings. The summed E-state index contributed by atoms with van der Waals surface area (Å²) in [5, 5.41) is 21.1. The molecule has 1 N–H and O–H groups in total. The minimum absolute atomic E-state index is 0.100. The van der Waals surface area contributed by atoms with Gasteiger partial charge in [-0.3, -0.25) is 14.9 Å². The first-order valence-electron chi connectivity index (χ1n) is 6.50. The first-order valence-corrected chi connectivity index (χ1v) is 6.50. The van der Waals surface area contributed by atoms with Gasteiger partial charge in [-0.1, -0.05) is 12.1 Å². The van der Waals surface area contributed by atoms with Crippen LogP contribution >= 0.6 is 0 Å². The number of Topliss-reactive ketones (excluding diaryl/α,β-unsaturated/α-hetero) is 1. The number of benzene rings is 2. The van der Waals surface area contributed by atoms with E-state index in [1.54, 1.807) is 12.1 Å². The SMILES string of the molecule is O=C1CCCc2c1cc([N+](=O)[O-])c1c(C(=O)O)cccc21. The average Bonchev–Trinajstić information content (AvgIpc) is 2.46. The zero-order valence-corrected chi connectivity index (χ0v) is 11.0. The van der Waals surface area contributed by atoms with Crippen molar-refractivity contribution in [2.45, 2.75) is 19.3 Å². The number of nitrogens with zero attached hydrogens (tertiary/aromatic N) is 1. The van der Waals surface area contributed by atoms with E-state index in [9.17, 15) is 24.8 Å². The number of carbonyl (C=O) groups excluding carboxylic acids is 1. The van der Waals surface area contributed by atoms with E-state index in [1.807, 2.05) is 0 Å². The molecule has 106 valence electrons. The largest absolute Gasteiger partial charge is 0.478 e. The molecule has 3 rings (SSSR count). The fourth-order valence-corrected chi connectivity index (χ4v) is 2.92. The molecular formula is C15H11NO5. The molecule has 1 aliphatic rings. The Labute approximate surface area is 119 Å². The Hall–Kier alpha value is -2.76. The predicted octanol–water partition coefficient (Wildman–Crippen LogP) is 2.97. The first-order chi connectivity index (χ1) is 10.0. The number of ketones is 1. The smallest absolute Gasteiger partial charge is 0.336 e. The lowest BCUT2D eigenvalue weighted by Crippen LogP contribution is -2.13. The maximum Gasteiger partial charge on any atom is 0.336 e. The second-order valence-corrected chi connectivity index (χ2v) is 4.99. The number of hydrogen-bond donors (Lipinski definition) is 1. The van der Waals surface area contributed by atoms with Gasteiger partial charge in [-0.15, -0.1) is 0 Å². The molecule has 1 aliphatic carbocycles. The molecule has 6 nitrogen and oxygen atoms in total. The molecule has 2 aromatic rings. The van der Waals surface area contributed by atoms with Gasteiger partial charge in [0.25, 0.3) is 5.69 Å². The van der Waals surface area contributed by atoms with Crippen LogP contribution in [0, 0.1) is 10.1 Å². The molecule has 6 heteroatoms. The molecule has 0 bridgehead atoms. The molecule has 0 atom stereocenters. The minimum Gasteiger partial charge on any atom is -0.478 e. The normalized spacial score (nSPS) is 14.0. The van der Waals surface area contributed by atoms with Crippen LogP contribution in [0.3, 0.4) is 0 Å². The maximum atomic E-state index is 12.0. The Kier molecular flexibility index (Phi) is 2.94. The molecule has 21 heavy (non-hydrogen) atoms. The first kappa shape index (κ1) is 13.2. The second-order valence-electron chi connectivity index (χ2n) is 4.99. The third kappa shape index (κ3) is 1.96. The number of non-ortho nitro benzene ring substituents is 1. The van der Waals surface area contributed by atoms with Crippen LogP contribution in [-0.4, -0.2) is 21.8 Å². The highest BCUT2D eigenvalue weighted by Gasteiger charge is 2.27.